The Balaban J connectivity index is 1.34. The van der Waals surface area contributed by atoms with Gasteiger partial charge >= 0.3 is 0 Å². The predicted octanol–water partition coefficient (Wildman–Crippen LogP) is 7.68. The van der Waals surface area contributed by atoms with E-state index in [2.05, 4.69) is 26.5 Å². The van der Waals surface area contributed by atoms with Crippen LogP contribution in [0.25, 0.3) is 0 Å². The summed E-state index contributed by atoms with van der Waals surface area (Å²) < 4.78 is 12.5. The van der Waals surface area contributed by atoms with Crippen molar-refractivity contribution in [2.24, 2.45) is 5.10 Å². The lowest BCUT2D eigenvalue weighted by Crippen LogP contribution is -2.18. The van der Waals surface area contributed by atoms with Crippen molar-refractivity contribution >= 4 is 51.3 Å². The monoisotopic (exact) mass is 582 g/mol. The summed E-state index contributed by atoms with van der Waals surface area (Å²) in [6.07, 6.45) is 1.55. The van der Waals surface area contributed by atoms with Crippen LogP contribution < -0.4 is 14.9 Å². The van der Waals surface area contributed by atoms with E-state index in [0.717, 1.165) is 21.2 Å². The van der Waals surface area contributed by atoms with Gasteiger partial charge in [-0.05, 0) is 75.6 Å². The molecule has 4 aromatic rings. The number of amides is 1. The van der Waals surface area contributed by atoms with Crippen LogP contribution in [0.5, 0.6) is 11.5 Å². The SMILES string of the molecule is O=C(N/N=C/c1ccc(OCc2ccc(Cl)cc2)c(Br)c1)c1ccccc1OCc1ccccc1Cl. The van der Waals surface area contributed by atoms with E-state index in [-0.39, 0.29) is 12.5 Å². The first-order chi connectivity index (χ1) is 17.5. The highest BCUT2D eigenvalue weighted by Crippen LogP contribution is 2.27. The number of carbonyl (C=O) groups is 1. The molecule has 1 N–H and O–H groups in total. The average molecular weight is 584 g/mol. The maximum Gasteiger partial charge on any atom is 0.275 e. The zero-order valence-electron chi connectivity index (χ0n) is 19.0. The molecule has 4 rings (SSSR count). The molecule has 0 aliphatic carbocycles. The smallest absolute Gasteiger partial charge is 0.275 e. The van der Waals surface area contributed by atoms with Gasteiger partial charge in [-0.2, -0.15) is 5.10 Å². The van der Waals surface area contributed by atoms with Gasteiger partial charge < -0.3 is 9.47 Å². The Kier molecular flexibility index (Phi) is 9.01. The highest BCUT2D eigenvalue weighted by molar-refractivity contribution is 9.10. The van der Waals surface area contributed by atoms with Gasteiger partial charge in [-0.15, -0.1) is 0 Å². The van der Waals surface area contributed by atoms with Crippen molar-refractivity contribution < 1.29 is 14.3 Å². The van der Waals surface area contributed by atoms with E-state index < -0.39 is 0 Å². The van der Waals surface area contributed by atoms with Crippen LogP contribution in [0.15, 0.2) is 101 Å². The topological polar surface area (TPSA) is 59.9 Å². The maximum atomic E-state index is 12.7. The highest BCUT2D eigenvalue weighted by atomic mass is 79.9. The molecule has 0 saturated carbocycles. The molecule has 8 heteroatoms. The Labute approximate surface area is 227 Å². The largest absolute Gasteiger partial charge is 0.488 e. The number of hydrazone groups is 1. The van der Waals surface area contributed by atoms with E-state index in [1.807, 2.05) is 60.7 Å². The Morgan fingerprint density at radius 2 is 1.58 bits per heavy atom. The lowest BCUT2D eigenvalue weighted by atomic mass is 10.2. The molecule has 0 fully saturated rings. The standard InChI is InChI=1S/C28H21BrCl2N2O3/c29-24-15-20(11-14-27(24)35-17-19-9-12-22(30)13-10-19)16-32-33-28(34)23-6-2-4-8-26(23)36-18-21-5-1-3-7-25(21)31/h1-16H,17-18H2,(H,33,34)/b32-16+. The van der Waals surface area contributed by atoms with Gasteiger partial charge in [-0.3, -0.25) is 4.79 Å². The summed E-state index contributed by atoms with van der Waals surface area (Å²) in [5, 5.41) is 5.38. The fraction of sp³-hybridized carbons (Fsp3) is 0.0714. The molecule has 4 aromatic carbocycles. The highest BCUT2D eigenvalue weighted by Gasteiger charge is 2.12. The van der Waals surface area contributed by atoms with Crippen LogP contribution in [0.2, 0.25) is 10.0 Å². The lowest BCUT2D eigenvalue weighted by Gasteiger charge is -2.11. The fourth-order valence-electron chi connectivity index (χ4n) is 3.23. The van der Waals surface area contributed by atoms with Gasteiger partial charge in [0.1, 0.15) is 24.7 Å². The average Bonchev–Trinajstić information content (AvgIpc) is 2.89. The Morgan fingerprint density at radius 3 is 2.36 bits per heavy atom. The molecule has 0 aliphatic rings. The van der Waals surface area contributed by atoms with E-state index in [1.54, 1.807) is 36.5 Å². The summed E-state index contributed by atoms with van der Waals surface area (Å²) in [6, 6.07) is 27.4. The van der Waals surface area contributed by atoms with Gasteiger partial charge in [0.2, 0.25) is 0 Å². The Morgan fingerprint density at radius 1 is 0.861 bits per heavy atom. The summed E-state index contributed by atoms with van der Waals surface area (Å²) in [5.41, 5.74) is 5.54. The minimum absolute atomic E-state index is 0.244. The quantitative estimate of drug-likeness (QED) is 0.162. The number of para-hydroxylation sites is 1. The van der Waals surface area contributed by atoms with E-state index in [1.165, 1.54) is 0 Å². The van der Waals surface area contributed by atoms with Crippen LogP contribution >= 0.6 is 39.1 Å². The van der Waals surface area contributed by atoms with Crippen molar-refractivity contribution in [1.82, 2.24) is 5.43 Å². The minimum Gasteiger partial charge on any atom is -0.488 e. The third-order valence-electron chi connectivity index (χ3n) is 5.12. The fourth-order valence-corrected chi connectivity index (χ4v) is 4.06. The van der Waals surface area contributed by atoms with Gasteiger partial charge in [0.05, 0.1) is 16.3 Å². The molecule has 0 unspecified atom stereocenters. The van der Waals surface area contributed by atoms with E-state index in [0.29, 0.717) is 33.7 Å². The summed E-state index contributed by atoms with van der Waals surface area (Å²) in [7, 11) is 0. The normalized spacial score (nSPS) is 10.9. The Bertz CT molecular complexity index is 1380. The summed E-state index contributed by atoms with van der Waals surface area (Å²) >= 11 is 15.6. The van der Waals surface area contributed by atoms with Crippen molar-refractivity contribution in [2.45, 2.75) is 13.2 Å². The first kappa shape index (κ1) is 25.8. The predicted molar refractivity (Wildman–Crippen MR) is 147 cm³/mol. The summed E-state index contributed by atoms with van der Waals surface area (Å²) in [4.78, 5) is 12.7. The van der Waals surface area contributed by atoms with Gasteiger partial charge in [0.15, 0.2) is 0 Å². The van der Waals surface area contributed by atoms with Crippen LogP contribution in [-0.2, 0) is 13.2 Å². The van der Waals surface area contributed by atoms with Crippen molar-refractivity contribution in [1.29, 1.82) is 0 Å². The molecule has 0 heterocycles. The van der Waals surface area contributed by atoms with Crippen LogP contribution in [0.1, 0.15) is 27.0 Å². The van der Waals surface area contributed by atoms with Crippen molar-refractivity contribution in [3.05, 3.63) is 128 Å². The van der Waals surface area contributed by atoms with Gasteiger partial charge in [0.25, 0.3) is 5.91 Å². The first-order valence-corrected chi connectivity index (χ1v) is 12.5. The second-order valence-electron chi connectivity index (χ2n) is 7.68. The van der Waals surface area contributed by atoms with Crippen molar-refractivity contribution in [3.8, 4) is 11.5 Å². The summed E-state index contributed by atoms with van der Waals surface area (Å²) in [6.45, 7) is 0.658. The summed E-state index contributed by atoms with van der Waals surface area (Å²) in [5.74, 6) is 0.744. The molecule has 5 nitrogen and oxygen atoms in total. The van der Waals surface area contributed by atoms with Crippen molar-refractivity contribution in [3.63, 3.8) is 0 Å². The number of halogens is 3. The maximum absolute atomic E-state index is 12.7. The molecule has 0 atom stereocenters. The van der Waals surface area contributed by atoms with Crippen LogP contribution in [0.3, 0.4) is 0 Å². The van der Waals surface area contributed by atoms with Gasteiger partial charge in [0, 0.05) is 15.6 Å². The Hall–Kier alpha value is -3.32. The van der Waals surface area contributed by atoms with Crippen LogP contribution in [0, 0.1) is 0 Å². The number of benzene rings is 4. The molecule has 0 spiro atoms. The molecule has 1 amide bonds. The number of rotatable bonds is 9. The van der Waals surface area contributed by atoms with E-state index >= 15 is 0 Å². The molecule has 0 aliphatic heterocycles. The number of hydrogen-bond donors (Lipinski definition) is 1. The second kappa shape index (κ2) is 12.6. The third kappa shape index (κ3) is 7.10. The van der Waals surface area contributed by atoms with Crippen molar-refractivity contribution in [2.75, 3.05) is 0 Å². The molecule has 0 bridgehead atoms. The number of nitrogens with zero attached hydrogens (tertiary/aromatic N) is 1. The van der Waals surface area contributed by atoms with Gasteiger partial charge in [-0.25, -0.2) is 5.43 Å². The molecule has 0 saturated heterocycles. The van der Waals surface area contributed by atoms with Crippen LogP contribution in [0.4, 0.5) is 0 Å². The number of ether oxygens (including phenoxy) is 2. The molecule has 36 heavy (non-hydrogen) atoms. The molecule has 0 radical (unpaired) electrons. The number of nitrogens with one attached hydrogen (secondary N) is 1. The van der Waals surface area contributed by atoms with Gasteiger partial charge in [-0.1, -0.05) is 65.7 Å². The zero-order chi connectivity index (χ0) is 25.3. The molecular weight excluding hydrogens is 563 g/mol. The number of hydrogen-bond acceptors (Lipinski definition) is 4. The molecular formula is C28H21BrCl2N2O3. The minimum atomic E-state index is -0.386. The second-order valence-corrected chi connectivity index (χ2v) is 9.38. The van der Waals surface area contributed by atoms with E-state index in [9.17, 15) is 4.79 Å². The van der Waals surface area contributed by atoms with Crippen LogP contribution in [-0.4, -0.2) is 12.1 Å². The molecule has 0 aromatic heterocycles. The zero-order valence-corrected chi connectivity index (χ0v) is 22.1. The third-order valence-corrected chi connectivity index (χ3v) is 6.36. The lowest BCUT2D eigenvalue weighted by molar-refractivity contribution is 0.0950. The number of carbonyl (C=O) groups excluding carboxylic acids is 1. The van der Waals surface area contributed by atoms with E-state index in [4.69, 9.17) is 32.7 Å². The molecule has 182 valence electrons. The first-order valence-electron chi connectivity index (χ1n) is 10.9.